The molecule has 3 nitrogen and oxygen atoms in total. The van der Waals surface area contributed by atoms with Crippen LogP contribution in [0.3, 0.4) is 0 Å². The molecule has 0 radical (unpaired) electrons. The average Bonchev–Trinajstić information content (AvgIpc) is 2.48. The van der Waals surface area contributed by atoms with Crippen LogP contribution >= 0.6 is 27.5 Å². The van der Waals surface area contributed by atoms with E-state index in [9.17, 15) is 4.79 Å². The van der Waals surface area contributed by atoms with Crippen molar-refractivity contribution in [1.29, 1.82) is 0 Å². The van der Waals surface area contributed by atoms with Gasteiger partial charge in [-0.05, 0) is 36.4 Å². The molecule has 0 unspecified atom stereocenters. The van der Waals surface area contributed by atoms with Crippen molar-refractivity contribution in [3.63, 3.8) is 0 Å². The number of para-hydroxylation sites is 1. The van der Waals surface area contributed by atoms with Crippen molar-refractivity contribution in [2.24, 2.45) is 0 Å². The number of hydrogen-bond acceptors (Lipinski definition) is 2. The van der Waals surface area contributed by atoms with Crippen molar-refractivity contribution in [1.82, 2.24) is 0 Å². The first-order chi connectivity index (χ1) is 10.1. The third-order valence-electron chi connectivity index (χ3n) is 2.74. The lowest BCUT2D eigenvalue weighted by Crippen LogP contribution is -2.08. The van der Waals surface area contributed by atoms with Crippen LogP contribution in [-0.2, 0) is 4.79 Å². The highest BCUT2D eigenvalue weighted by Crippen LogP contribution is 2.24. The monoisotopic (exact) mass is 365 g/mol. The topological polar surface area (TPSA) is 38.3 Å². The van der Waals surface area contributed by atoms with Gasteiger partial charge in [-0.3, -0.25) is 4.79 Å². The summed E-state index contributed by atoms with van der Waals surface area (Å²) in [6.45, 7) is 0. The van der Waals surface area contributed by atoms with Crippen LogP contribution in [0.4, 0.5) is 5.69 Å². The van der Waals surface area contributed by atoms with Gasteiger partial charge in [-0.15, -0.1) is 0 Å². The van der Waals surface area contributed by atoms with Crippen LogP contribution in [0.1, 0.15) is 5.56 Å². The minimum atomic E-state index is -0.259. The summed E-state index contributed by atoms with van der Waals surface area (Å²) in [6.07, 6.45) is 3.13. The Labute approximate surface area is 136 Å². The lowest BCUT2D eigenvalue weighted by Gasteiger charge is -2.06. The van der Waals surface area contributed by atoms with E-state index in [2.05, 4.69) is 21.2 Å². The highest BCUT2D eigenvalue weighted by Gasteiger charge is 2.04. The number of rotatable bonds is 4. The minimum absolute atomic E-state index is 0.259. The predicted octanol–water partition coefficient (Wildman–Crippen LogP) is 4.76. The fourth-order valence-electron chi connectivity index (χ4n) is 1.74. The van der Waals surface area contributed by atoms with E-state index in [-0.39, 0.29) is 5.91 Å². The molecule has 0 saturated carbocycles. The Kier molecular flexibility index (Phi) is 5.42. The van der Waals surface area contributed by atoms with Crippen molar-refractivity contribution in [3.05, 3.63) is 63.6 Å². The number of hydrogen-bond donors (Lipinski definition) is 1. The molecule has 0 heterocycles. The summed E-state index contributed by atoms with van der Waals surface area (Å²) in [5.41, 5.74) is 1.39. The van der Waals surface area contributed by atoms with Crippen LogP contribution in [0.2, 0.25) is 5.02 Å². The lowest BCUT2D eigenvalue weighted by molar-refractivity contribution is -0.111. The largest absolute Gasteiger partial charge is 0.496 e. The molecule has 2 aromatic carbocycles. The second-order valence-corrected chi connectivity index (χ2v) is 5.51. The maximum atomic E-state index is 11.9. The molecular formula is C16H13BrClNO2. The van der Waals surface area contributed by atoms with Crippen LogP contribution in [-0.4, -0.2) is 13.0 Å². The molecule has 1 amide bonds. The first-order valence-electron chi connectivity index (χ1n) is 6.17. The van der Waals surface area contributed by atoms with Gasteiger partial charge < -0.3 is 10.1 Å². The standard InChI is InChI=1S/C16H13BrClNO2/c1-21-15-8-7-12(17)10-11(15)6-9-16(20)19-14-5-3-2-4-13(14)18/h2-10H,1H3,(H,19,20)/b9-6+. The maximum Gasteiger partial charge on any atom is 0.248 e. The molecule has 1 N–H and O–H groups in total. The molecule has 0 saturated heterocycles. The fraction of sp³-hybridized carbons (Fsp3) is 0.0625. The van der Waals surface area contributed by atoms with Crippen molar-refractivity contribution < 1.29 is 9.53 Å². The molecule has 2 rings (SSSR count). The molecule has 108 valence electrons. The number of anilines is 1. The number of benzene rings is 2. The summed E-state index contributed by atoms with van der Waals surface area (Å²) < 4.78 is 6.16. The Morgan fingerprint density at radius 2 is 2.05 bits per heavy atom. The van der Waals surface area contributed by atoms with Gasteiger partial charge in [0, 0.05) is 16.1 Å². The molecule has 0 bridgehead atoms. The van der Waals surface area contributed by atoms with Gasteiger partial charge in [0.15, 0.2) is 0 Å². The van der Waals surface area contributed by atoms with Crippen molar-refractivity contribution in [3.8, 4) is 5.75 Å². The number of methoxy groups -OCH3 is 1. The number of carbonyl (C=O) groups excluding carboxylic acids is 1. The molecule has 0 atom stereocenters. The Morgan fingerprint density at radius 1 is 1.29 bits per heavy atom. The predicted molar refractivity (Wildman–Crippen MR) is 89.8 cm³/mol. The van der Waals surface area contributed by atoms with E-state index in [1.807, 2.05) is 24.3 Å². The fourth-order valence-corrected chi connectivity index (χ4v) is 2.30. The van der Waals surface area contributed by atoms with E-state index in [0.29, 0.717) is 16.5 Å². The Morgan fingerprint density at radius 3 is 2.76 bits per heavy atom. The second-order valence-electron chi connectivity index (χ2n) is 4.19. The highest BCUT2D eigenvalue weighted by atomic mass is 79.9. The smallest absolute Gasteiger partial charge is 0.248 e. The number of amides is 1. The molecule has 21 heavy (non-hydrogen) atoms. The van der Waals surface area contributed by atoms with Gasteiger partial charge in [0.25, 0.3) is 0 Å². The summed E-state index contributed by atoms with van der Waals surface area (Å²) in [6, 6.07) is 12.7. The number of ether oxygens (including phenoxy) is 1. The molecular weight excluding hydrogens is 354 g/mol. The quantitative estimate of drug-likeness (QED) is 0.792. The third kappa shape index (κ3) is 4.34. The first-order valence-corrected chi connectivity index (χ1v) is 7.34. The van der Waals surface area contributed by atoms with Gasteiger partial charge in [-0.2, -0.15) is 0 Å². The van der Waals surface area contributed by atoms with Crippen LogP contribution < -0.4 is 10.1 Å². The van der Waals surface area contributed by atoms with Gasteiger partial charge in [0.1, 0.15) is 5.75 Å². The van der Waals surface area contributed by atoms with Crippen molar-refractivity contribution in [2.75, 3.05) is 12.4 Å². The molecule has 0 aliphatic carbocycles. The van der Waals surface area contributed by atoms with Gasteiger partial charge in [0.05, 0.1) is 17.8 Å². The van der Waals surface area contributed by atoms with Crippen LogP contribution in [0, 0.1) is 0 Å². The number of halogens is 2. The minimum Gasteiger partial charge on any atom is -0.496 e. The molecule has 0 spiro atoms. The summed E-state index contributed by atoms with van der Waals surface area (Å²) >= 11 is 9.38. The molecule has 5 heteroatoms. The summed E-state index contributed by atoms with van der Waals surface area (Å²) in [5.74, 6) is 0.435. The van der Waals surface area contributed by atoms with E-state index in [1.54, 1.807) is 31.4 Å². The Hall–Kier alpha value is -1.78. The Balaban J connectivity index is 2.12. The van der Waals surface area contributed by atoms with Crippen molar-refractivity contribution in [2.45, 2.75) is 0 Å². The van der Waals surface area contributed by atoms with E-state index in [1.165, 1.54) is 6.08 Å². The molecule has 0 aromatic heterocycles. The summed E-state index contributed by atoms with van der Waals surface area (Å²) in [7, 11) is 1.59. The van der Waals surface area contributed by atoms with E-state index >= 15 is 0 Å². The van der Waals surface area contributed by atoms with E-state index < -0.39 is 0 Å². The maximum absolute atomic E-state index is 11.9. The summed E-state index contributed by atoms with van der Waals surface area (Å²) in [5, 5.41) is 3.22. The SMILES string of the molecule is COc1ccc(Br)cc1/C=C/C(=O)Nc1ccccc1Cl. The zero-order valence-corrected chi connectivity index (χ0v) is 13.6. The zero-order valence-electron chi connectivity index (χ0n) is 11.3. The normalized spacial score (nSPS) is 10.6. The molecule has 0 aliphatic rings. The summed E-state index contributed by atoms with van der Waals surface area (Å²) in [4.78, 5) is 11.9. The van der Waals surface area contributed by atoms with Crippen LogP contribution in [0.5, 0.6) is 5.75 Å². The van der Waals surface area contributed by atoms with Gasteiger partial charge in [-0.25, -0.2) is 0 Å². The highest BCUT2D eigenvalue weighted by molar-refractivity contribution is 9.10. The second kappa shape index (κ2) is 7.29. The van der Waals surface area contributed by atoms with Crippen LogP contribution in [0.15, 0.2) is 53.0 Å². The average molecular weight is 367 g/mol. The third-order valence-corrected chi connectivity index (χ3v) is 3.56. The van der Waals surface area contributed by atoms with Gasteiger partial charge >= 0.3 is 0 Å². The molecule has 0 fully saturated rings. The van der Waals surface area contributed by atoms with Crippen molar-refractivity contribution >= 4 is 45.2 Å². The number of carbonyl (C=O) groups is 1. The first kappa shape index (κ1) is 15.6. The lowest BCUT2D eigenvalue weighted by atomic mass is 10.2. The van der Waals surface area contributed by atoms with Gasteiger partial charge in [-0.1, -0.05) is 39.7 Å². The molecule has 2 aromatic rings. The zero-order chi connectivity index (χ0) is 15.2. The van der Waals surface area contributed by atoms with E-state index in [4.69, 9.17) is 16.3 Å². The van der Waals surface area contributed by atoms with E-state index in [0.717, 1.165) is 10.0 Å². The molecule has 0 aliphatic heterocycles. The van der Waals surface area contributed by atoms with Crippen LogP contribution in [0.25, 0.3) is 6.08 Å². The number of nitrogens with one attached hydrogen (secondary N) is 1. The van der Waals surface area contributed by atoms with Gasteiger partial charge in [0.2, 0.25) is 5.91 Å². The Bertz CT molecular complexity index is 686.